The third-order valence-electron chi connectivity index (χ3n) is 4.53. The van der Waals surface area contributed by atoms with Crippen molar-refractivity contribution < 1.29 is 14.3 Å². The smallest absolute Gasteiger partial charge is 0.255 e. The van der Waals surface area contributed by atoms with Crippen LogP contribution in [0.4, 0.5) is 5.69 Å². The molecule has 3 aromatic carbocycles. The topological polar surface area (TPSA) is 75.4 Å². The van der Waals surface area contributed by atoms with Crippen molar-refractivity contribution in [3.05, 3.63) is 76.3 Å². The summed E-state index contributed by atoms with van der Waals surface area (Å²) in [6, 6.07) is 15.8. The molecule has 0 spiro atoms. The van der Waals surface area contributed by atoms with Crippen LogP contribution in [0, 0.1) is 13.8 Å². The summed E-state index contributed by atoms with van der Waals surface area (Å²) in [6.07, 6.45) is 0. The molecule has 140 valence electrons. The minimum Gasteiger partial charge on any atom is -0.507 e. The first-order valence-corrected chi connectivity index (χ1v) is 9.07. The van der Waals surface area contributed by atoms with Crippen LogP contribution in [0.2, 0.25) is 5.02 Å². The number of halogens is 1. The highest BCUT2D eigenvalue weighted by atomic mass is 35.5. The Bertz CT molecular complexity index is 1210. The van der Waals surface area contributed by atoms with Crippen molar-refractivity contribution in [1.29, 1.82) is 0 Å². The number of nitrogens with zero attached hydrogens (tertiary/aromatic N) is 1. The van der Waals surface area contributed by atoms with Crippen LogP contribution in [-0.4, -0.2) is 16.0 Å². The number of carbonyl (C=O) groups excluding carboxylic acids is 1. The maximum absolute atomic E-state index is 12.6. The van der Waals surface area contributed by atoms with Crippen LogP contribution in [0.15, 0.2) is 59.0 Å². The molecule has 1 heterocycles. The van der Waals surface area contributed by atoms with Gasteiger partial charge < -0.3 is 14.8 Å². The molecule has 4 rings (SSSR count). The van der Waals surface area contributed by atoms with E-state index in [1.165, 1.54) is 0 Å². The van der Waals surface area contributed by atoms with Crippen LogP contribution in [0.5, 0.6) is 5.75 Å². The highest BCUT2D eigenvalue weighted by Gasteiger charge is 2.17. The summed E-state index contributed by atoms with van der Waals surface area (Å²) in [5, 5.41) is 13.9. The predicted octanol–water partition coefficient (Wildman–Crippen LogP) is 5.72. The number of aromatic nitrogens is 1. The van der Waals surface area contributed by atoms with E-state index in [4.69, 9.17) is 16.0 Å². The van der Waals surface area contributed by atoms with Gasteiger partial charge in [0.2, 0.25) is 5.89 Å². The second kappa shape index (κ2) is 7.02. The third kappa shape index (κ3) is 3.32. The Labute approximate surface area is 166 Å². The van der Waals surface area contributed by atoms with Crippen LogP contribution in [0.25, 0.3) is 22.6 Å². The molecule has 0 saturated carbocycles. The number of aromatic hydroxyl groups is 1. The lowest BCUT2D eigenvalue weighted by Gasteiger charge is -2.11. The van der Waals surface area contributed by atoms with Gasteiger partial charge in [-0.3, -0.25) is 4.79 Å². The van der Waals surface area contributed by atoms with Crippen molar-refractivity contribution in [1.82, 2.24) is 4.98 Å². The first kappa shape index (κ1) is 18.1. The number of oxazole rings is 1. The number of phenols is 1. The zero-order chi connectivity index (χ0) is 19.8. The first-order chi connectivity index (χ1) is 13.4. The minimum absolute atomic E-state index is 0.0477. The summed E-state index contributed by atoms with van der Waals surface area (Å²) in [5.74, 6) is 0.0786. The van der Waals surface area contributed by atoms with Gasteiger partial charge in [0.1, 0.15) is 11.3 Å². The number of amides is 1. The Morgan fingerprint density at radius 2 is 1.86 bits per heavy atom. The van der Waals surface area contributed by atoms with Gasteiger partial charge in [0.15, 0.2) is 5.58 Å². The summed E-state index contributed by atoms with van der Waals surface area (Å²) in [6.45, 7) is 3.63. The molecule has 2 N–H and O–H groups in total. The number of carbonyl (C=O) groups is 1. The average molecular weight is 393 g/mol. The highest BCUT2D eigenvalue weighted by molar-refractivity contribution is 6.31. The minimum atomic E-state index is -0.224. The summed E-state index contributed by atoms with van der Waals surface area (Å²) in [4.78, 5) is 17.0. The normalized spacial score (nSPS) is 11.0. The summed E-state index contributed by atoms with van der Waals surface area (Å²) < 4.78 is 5.77. The van der Waals surface area contributed by atoms with Gasteiger partial charge in [0.25, 0.3) is 5.91 Å². The van der Waals surface area contributed by atoms with Gasteiger partial charge in [-0.05, 0) is 61.4 Å². The molecule has 0 saturated heterocycles. The Morgan fingerprint density at radius 1 is 1.07 bits per heavy atom. The number of fused-ring (bicyclic) bond motifs is 1. The molecule has 0 aliphatic carbocycles. The monoisotopic (exact) mass is 392 g/mol. The lowest BCUT2D eigenvalue weighted by molar-refractivity contribution is 0.102. The molecular formula is C22H17ClN2O3. The Kier molecular flexibility index (Phi) is 4.53. The van der Waals surface area contributed by atoms with E-state index in [1.807, 2.05) is 25.1 Å². The Morgan fingerprint density at radius 3 is 2.64 bits per heavy atom. The van der Waals surface area contributed by atoms with Crippen LogP contribution >= 0.6 is 11.6 Å². The number of hydrogen-bond acceptors (Lipinski definition) is 4. The number of benzene rings is 3. The van der Waals surface area contributed by atoms with Crippen LogP contribution < -0.4 is 5.32 Å². The van der Waals surface area contributed by atoms with E-state index >= 15 is 0 Å². The zero-order valence-electron chi connectivity index (χ0n) is 15.3. The van der Waals surface area contributed by atoms with Crippen molar-refractivity contribution in [3.63, 3.8) is 0 Å². The van der Waals surface area contributed by atoms with Crippen molar-refractivity contribution in [2.45, 2.75) is 13.8 Å². The van der Waals surface area contributed by atoms with Gasteiger partial charge in [0.05, 0.1) is 5.56 Å². The molecular weight excluding hydrogens is 376 g/mol. The molecule has 4 aromatic rings. The van der Waals surface area contributed by atoms with E-state index in [9.17, 15) is 9.90 Å². The van der Waals surface area contributed by atoms with Crippen molar-refractivity contribution >= 4 is 34.3 Å². The molecule has 0 radical (unpaired) electrons. The maximum atomic E-state index is 12.6. The van der Waals surface area contributed by atoms with Crippen LogP contribution in [-0.2, 0) is 0 Å². The molecule has 0 unspecified atom stereocenters. The molecule has 0 fully saturated rings. The SMILES string of the molecule is Cc1ccccc1C(=O)Nc1cc(C)c(O)c(-c2nc3cc(Cl)ccc3o2)c1. The van der Waals surface area contributed by atoms with E-state index in [2.05, 4.69) is 10.3 Å². The lowest BCUT2D eigenvalue weighted by atomic mass is 10.1. The van der Waals surface area contributed by atoms with E-state index in [1.54, 1.807) is 43.3 Å². The van der Waals surface area contributed by atoms with Crippen molar-refractivity contribution in [3.8, 4) is 17.2 Å². The van der Waals surface area contributed by atoms with Crippen LogP contribution in [0.3, 0.4) is 0 Å². The van der Waals surface area contributed by atoms with Gasteiger partial charge in [0, 0.05) is 16.3 Å². The van der Waals surface area contributed by atoms with Crippen molar-refractivity contribution in [2.24, 2.45) is 0 Å². The zero-order valence-corrected chi connectivity index (χ0v) is 16.0. The van der Waals surface area contributed by atoms with Gasteiger partial charge in [-0.25, -0.2) is 4.98 Å². The number of anilines is 1. The molecule has 1 aromatic heterocycles. The predicted molar refractivity (Wildman–Crippen MR) is 110 cm³/mol. The van der Waals surface area contributed by atoms with E-state index in [0.717, 1.165) is 5.56 Å². The standard InChI is InChI=1S/C22H17ClN2O3/c1-12-5-3-4-6-16(12)21(27)24-15-9-13(2)20(26)17(11-15)22-25-18-10-14(23)7-8-19(18)28-22/h3-11,26H,1-2H3,(H,24,27). The number of rotatable bonds is 3. The van der Waals surface area contributed by atoms with Crippen LogP contribution in [0.1, 0.15) is 21.5 Å². The number of aryl methyl sites for hydroxylation is 2. The molecule has 0 aliphatic heterocycles. The maximum Gasteiger partial charge on any atom is 0.255 e. The fraction of sp³-hybridized carbons (Fsp3) is 0.0909. The van der Waals surface area contributed by atoms with Gasteiger partial charge >= 0.3 is 0 Å². The molecule has 0 atom stereocenters. The van der Waals surface area contributed by atoms with Gasteiger partial charge in [-0.2, -0.15) is 0 Å². The van der Waals surface area contributed by atoms with E-state index in [0.29, 0.717) is 38.5 Å². The molecule has 6 heteroatoms. The molecule has 1 amide bonds. The van der Waals surface area contributed by atoms with E-state index < -0.39 is 0 Å². The third-order valence-corrected chi connectivity index (χ3v) is 4.76. The Balaban J connectivity index is 1.73. The van der Waals surface area contributed by atoms with Gasteiger partial charge in [-0.15, -0.1) is 0 Å². The molecule has 0 aliphatic rings. The quantitative estimate of drug-likeness (QED) is 0.437. The summed E-state index contributed by atoms with van der Waals surface area (Å²) in [5.41, 5.74) is 4.15. The lowest BCUT2D eigenvalue weighted by Crippen LogP contribution is -2.13. The summed E-state index contributed by atoms with van der Waals surface area (Å²) in [7, 11) is 0. The van der Waals surface area contributed by atoms with Crippen molar-refractivity contribution in [2.75, 3.05) is 5.32 Å². The fourth-order valence-electron chi connectivity index (χ4n) is 3.06. The van der Waals surface area contributed by atoms with E-state index in [-0.39, 0.29) is 17.5 Å². The number of hydrogen-bond donors (Lipinski definition) is 2. The molecule has 28 heavy (non-hydrogen) atoms. The molecule has 0 bridgehead atoms. The number of nitrogens with one attached hydrogen (secondary N) is 1. The largest absolute Gasteiger partial charge is 0.507 e. The Hall–Kier alpha value is -3.31. The molecule has 5 nitrogen and oxygen atoms in total. The van der Waals surface area contributed by atoms with Gasteiger partial charge in [-0.1, -0.05) is 29.8 Å². The average Bonchev–Trinajstić information content (AvgIpc) is 3.07. The highest BCUT2D eigenvalue weighted by Crippen LogP contribution is 2.36. The second-order valence-electron chi connectivity index (χ2n) is 6.59. The second-order valence-corrected chi connectivity index (χ2v) is 7.03. The fourth-order valence-corrected chi connectivity index (χ4v) is 3.22. The number of phenolic OH excluding ortho intramolecular Hbond substituents is 1. The summed E-state index contributed by atoms with van der Waals surface area (Å²) >= 11 is 6.01. The first-order valence-electron chi connectivity index (χ1n) is 8.69.